The second kappa shape index (κ2) is 11.6. The number of hydrogen-bond acceptors (Lipinski definition) is 5. The van der Waals surface area contributed by atoms with Gasteiger partial charge in [0.2, 0.25) is 5.91 Å². The lowest BCUT2D eigenvalue weighted by molar-refractivity contribution is -0.120. The second-order valence-electron chi connectivity index (χ2n) is 7.00. The normalized spacial score (nSPS) is 21.8. The number of amides is 1. The first-order valence-electron chi connectivity index (χ1n) is 9.20. The predicted octanol–water partition coefficient (Wildman–Crippen LogP) is 1.80. The number of aliphatic hydroxyl groups excluding tert-OH is 1. The molecular weight excluding hydrogens is 328 g/mol. The molecule has 0 saturated heterocycles. The fraction of sp³-hybridized carbons (Fsp3) is 0.600. The van der Waals surface area contributed by atoms with E-state index in [0.717, 1.165) is 43.0 Å². The maximum atomic E-state index is 11.5. The number of amidine groups is 1. The molecule has 0 fully saturated rings. The lowest BCUT2D eigenvalue weighted by atomic mass is 10.00. The third-order valence-corrected chi connectivity index (χ3v) is 4.35. The van der Waals surface area contributed by atoms with E-state index in [1.807, 2.05) is 32.3 Å². The average Bonchev–Trinajstić information content (AvgIpc) is 2.67. The maximum absolute atomic E-state index is 11.5. The molecule has 0 aromatic rings. The standard InChI is InChI=1S/C20H34N4O2/c1-16(8-9-20(26)21-3)13-19-22-10-6-7-18(15-25)14-17(2)24(19)12-11-23(4)5/h6-7,14,16,25H,2,8-13,15H2,1,3-5H3,(H,21,26)/b7-6-,18-14+,22-19-/t16-/m0/s1. The van der Waals surface area contributed by atoms with E-state index in [9.17, 15) is 9.90 Å². The van der Waals surface area contributed by atoms with Gasteiger partial charge in [-0.3, -0.25) is 9.79 Å². The van der Waals surface area contributed by atoms with Crippen LogP contribution in [0.4, 0.5) is 0 Å². The van der Waals surface area contributed by atoms with Crippen LogP contribution in [0.1, 0.15) is 26.2 Å². The summed E-state index contributed by atoms with van der Waals surface area (Å²) >= 11 is 0. The van der Waals surface area contributed by atoms with E-state index in [-0.39, 0.29) is 12.5 Å². The van der Waals surface area contributed by atoms with Crippen molar-refractivity contribution in [3.63, 3.8) is 0 Å². The van der Waals surface area contributed by atoms with Crippen LogP contribution in [0, 0.1) is 5.92 Å². The SMILES string of the molecule is C=C1/C=C(CO)\C=C/C/N=C(/C[C@@H](C)CCC(=O)NC)N1CCN(C)C. The van der Waals surface area contributed by atoms with Crippen LogP contribution in [0.2, 0.25) is 0 Å². The number of aliphatic imine (C=N–C) groups is 1. The fourth-order valence-electron chi connectivity index (χ4n) is 2.72. The van der Waals surface area contributed by atoms with Crippen LogP contribution in [0.5, 0.6) is 0 Å². The first-order valence-corrected chi connectivity index (χ1v) is 9.20. The number of aliphatic hydroxyl groups is 1. The van der Waals surface area contributed by atoms with Gasteiger partial charge >= 0.3 is 0 Å². The predicted molar refractivity (Wildman–Crippen MR) is 108 cm³/mol. The third-order valence-electron chi connectivity index (χ3n) is 4.35. The molecule has 1 aliphatic rings. The number of nitrogens with zero attached hydrogens (tertiary/aromatic N) is 3. The number of hydrogen-bond donors (Lipinski definition) is 2. The van der Waals surface area contributed by atoms with Crippen molar-refractivity contribution in [2.45, 2.75) is 26.2 Å². The van der Waals surface area contributed by atoms with E-state index < -0.39 is 0 Å². The van der Waals surface area contributed by atoms with Crippen LogP contribution in [-0.2, 0) is 4.79 Å². The van der Waals surface area contributed by atoms with Crippen LogP contribution in [0.15, 0.2) is 41.1 Å². The molecule has 1 heterocycles. The highest BCUT2D eigenvalue weighted by molar-refractivity contribution is 5.85. The van der Waals surface area contributed by atoms with Gasteiger partial charge in [-0.05, 0) is 38.1 Å². The molecule has 26 heavy (non-hydrogen) atoms. The lowest BCUT2D eigenvalue weighted by Gasteiger charge is -2.29. The number of carbonyl (C=O) groups is 1. The van der Waals surface area contributed by atoms with Crippen LogP contribution < -0.4 is 5.32 Å². The zero-order chi connectivity index (χ0) is 19.5. The van der Waals surface area contributed by atoms with Crippen molar-refractivity contribution in [2.75, 3.05) is 47.4 Å². The fourth-order valence-corrected chi connectivity index (χ4v) is 2.72. The Morgan fingerprint density at radius 1 is 1.50 bits per heavy atom. The topological polar surface area (TPSA) is 68.2 Å². The molecule has 0 spiro atoms. The third kappa shape index (κ3) is 7.97. The smallest absolute Gasteiger partial charge is 0.219 e. The van der Waals surface area contributed by atoms with Crippen molar-refractivity contribution in [2.24, 2.45) is 10.9 Å². The Hall–Kier alpha value is -1.92. The van der Waals surface area contributed by atoms with Crippen molar-refractivity contribution in [3.8, 4) is 0 Å². The molecule has 6 heteroatoms. The average molecular weight is 363 g/mol. The molecule has 0 saturated carbocycles. The summed E-state index contributed by atoms with van der Waals surface area (Å²) in [5.41, 5.74) is 1.66. The van der Waals surface area contributed by atoms with Gasteiger partial charge in [0.25, 0.3) is 0 Å². The van der Waals surface area contributed by atoms with Crippen molar-refractivity contribution >= 4 is 11.7 Å². The van der Waals surface area contributed by atoms with E-state index in [1.54, 1.807) is 7.05 Å². The number of nitrogens with one attached hydrogen (secondary N) is 1. The summed E-state index contributed by atoms with van der Waals surface area (Å²) in [6, 6.07) is 0. The minimum absolute atomic E-state index is 0.0189. The van der Waals surface area contributed by atoms with Crippen molar-refractivity contribution in [3.05, 3.63) is 36.1 Å². The van der Waals surface area contributed by atoms with Crippen molar-refractivity contribution in [1.29, 1.82) is 0 Å². The Kier molecular flexibility index (Phi) is 9.91. The van der Waals surface area contributed by atoms with Crippen molar-refractivity contribution in [1.82, 2.24) is 15.1 Å². The first kappa shape index (κ1) is 22.1. The Morgan fingerprint density at radius 3 is 2.85 bits per heavy atom. The van der Waals surface area contributed by atoms with Gasteiger partial charge in [-0.15, -0.1) is 0 Å². The summed E-state index contributed by atoms with van der Waals surface area (Å²) in [7, 11) is 5.75. The molecule has 2 N–H and O–H groups in total. The van der Waals surface area contributed by atoms with Crippen molar-refractivity contribution < 1.29 is 9.90 Å². The Bertz CT molecular complexity index is 564. The molecule has 0 aromatic heterocycles. The second-order valence-corrected chi connectivity index (χ2v) is 7.00. The number of allylic oxidation sites excluding steroid dienone is 1. The van der Waals surface area contributed by atoms with Crippen LogP contribution in [0.25, 0.3) is 0 Å². The molecule has 1 atom stereocenters. The zero-order valence-electron chi connectivity index (χ0n) is 16.7. The van der Waals surface area contributed by atoms with E-state index in [2.05, 4.69) is 28.6 Å². The van der Waals surface area contributed by atoms with Gasteiger partial charge in [0.05, 0.1) is 13.2 Å². The monoisotopic (exact) mass is 362 g/mol. The highest BCUT2D eigenvalue weighted by Gasteiger charge is 2.18. The molecule has 1 aliphatic heterocycles. The zero-order valence-corrected chi connectivity index (χ0v) is 16.7. The molecule has 1 rings (SSSR count). The van der Waals surface area contributed by atoms with Gasteiger partial charge in [-0.25, -0.2) is 0 Å². The van der Waals surface area contributed by atoms with Crippen LogP contribution in [0.3, 0.4) is 0 Å². The van der Waals surface area contributed by atoms with Gasteiger partial charge in [0, 0.05) is 38.7 Å². The first-order chi connectivity index (χ1) is 12.4. The molecule has 146 valence electrons. The summed E-state index contributed by atoms with van der Waals surface area (Å²) in [4.78, 5) is 20.5. The molecular formula is C20H34N4O2. The van der Waals surface area contributed by atoms with E-state index in [0.29, 0.717) is 18.9 Å². The highest BCUT2D eigenvalue weighted by Crippen LogP contribution is 2.18. The lowest BCUT2D eigenvalue weighted by Crippen LogP contribution is -2.36. The Labute approximate surface area is 158 Å². The van der Waals surface area contributed by atoms with Gasteiger partial charge in [-0.1, -0.05) is 25.7 Å². The minimum Gasteiger partial charge on any atom is -0.392 e. The number of carbonyl (C=O) groups excluding carboxylic acids is 1. The number of likely N-dealkylation sites (N-methyl/N-ethyl adjacent to an activating group) is 1. The van der Waals surface area contributed by atoms with Gasteiger partial charge in [0.1, 0.15) is 5.84 Å². The Morgan fingerprint density at radius 2 is 2.23 bits per heavy atom. The minimum atomic E-state index is -0.0189. The van der Waals surface area contributed by atoms with Gasteiger partial charge in [-0.2, -0.15) is 0 Å². The quantitative estimate of drug-likeness (QED) is 0.656. The molecule has 0 radical (unpaired) electrons. The molecule has 1 amide bonds. The van der Waals surface area contributed by atoms with E-state index in [1.165, 1.54) is 0 Å². The largest absolute Gasteiger partial charge is 0.392 e. The summed E-state index contributed by atoms with van der Waals surface area (Å²) in [5.74, 6) is 1.40. The Balaban J connectivity index is 2.94. The highest BCUT2D eigenvalue weighted by atomic mass is 16.3. The van der Waals surface area contributed by atoms with Gasteiger partial charge in [0.15, 0.2) is 0 Å². The molecule has 6 nitrogen and oxygen atoms in total. The number of rotatable bonds is 9. The maximum Gasteiger partial charge on any atom is 0.219 e. The van der Waals surface area contributed by atoms with Crippen LogP contribution >= 0.6 is 0 Å². The molecule has 0 unspecified atom stereocenters. The molecule has 0 aliphatic carbocycles. The van der Waals surface area contributed by atoms with Gasteiger partial charge < -0.3 is 20.2 Å². The molecule has 0 bridgehead atoms. The summed E-state index contributed by atoms with van der Waals surface area (Å²) in [6.45, 7) is 8.56. The summed E-state index contributed by atoms with van der Waals surface area (Å²) in [5, 5.41) is 12.2. The summed E-state index contributed by atoms with van der Waals surface area (Å²) in [6.07, 6.45) is 7.91. The summed E-state index contributed by atoms with van der Waals surface area (Å²) < 4.78 is 0. The van der Waals surface area contributed by atoms with Crippen LogP contribution in [-0.4, -0.2) is 74.0 Å². The van der Waals surface area contributed by atoms with E-state index in [4.69, 9.17) is 4.99 Å². The van der Waals surface area contributed by atoms with E-state index >= 15 is 0 Å². The molecule has 0 aromatic carbocycles.